The Hall–Kier alpha value is -2.05. The second kappa shape index (κ2) is 6.15. The van der Waals surface area contributed by atoms with Gasteiger partial charge in [0.2, 0.25) is 10.0 Å². The molecule has 0 radical (unpaired) electrons. The Morgan fingerprint density at radius 3 is 2.43 bits per heavy atom. The van der Waals surface area contributed by atoms with Gasteiger partial charge in [0, 0.05) is 11.7 Å². The highest BCUT2D eigenvalue weighted by molar-refractivity contribution is 7.88. The van der Waals surface area contributed by atoms with Crippen molar-refractivity contribution in [2.45, 2.75) is 18.7 Å². The van der Waals surface area contributed by atoms with Gasteiger partial charge in [-0.2, -0.15) is 0 Å². The molecule has 0 spiro atoms. The molecule has 2 rings (SSSR count). The molecule has 2 aromatic carbocycles. The summed E-state index contributed by atoms with van der Waals surface area (Å²) in [6.45, 7) is 1.98. The first kappa shape index (κ1) is 15.3. The van der Waals surface area contributed by atoms with E-state index in [1.54, 1.807) is 42.5 Å². The van der Waals surface area contributed by atoms with Crippen LogP contribution >= 0.6 is 0 Å². The molecule has 0 saturated heterocycles. The number of sulfonamides is 1. The smallest absolute Gasteiger partial charge is 0.213 e. The van der Waals surface area contributed by atoms with Gasteiger partial charge in [-0.05, 0) is 42.3 Å². The summed E-state index contributed by atoms with van der Waals surface area (Å²) in [7, 11) is -3.51. The Labute approximate surface area is 124 Å². The van der Waals surface area contributed by atoms with Crippen LogP contribution in [0.3, 0.4) is 0 Å². The quantitative estimate of drug-likeness (QED) is 0.790. The molecule has 0 heterocycles. The molecule has 0 aliphatic heterocycles. The minimum absolute atomic E-state index is 0.0150. The molecule has 0 aliphatic rings. The van der Waals surface area contributed by atoms with Crippen LogP contribution in [0.2, 0.25) is 0 Å². The Bertz CT molecular complexity index is 712. The zero-order valence-electron chi connectivity index (χ0n) is 11.7. The van der Waals surface area contributed by atoms with Crippen molar-refractivity contribution in [3.63, 3.8) is 0 Å². The van der Waals surface area contributed by atoms with E-state index in [1.165, 1.54) is 0 Å². The van der Waals surface area contributed by atoms with Crippen molar-refractivity contribution in [3.8, 4) is 5.75 Å². The van der Waals surface area contributed by atoms with E-state index in [0.29, 0.717) is 5.56 Å². The van der Waals surface area contributed by atoms with E-state index in [0.717, 1.165) is 11.3 Å². The van der Waals surface area contributed by atoms with E-state index in [4.69, 9.17) is 5.14 Å². The van der Waals surface area contributed by atoms with Gasteiger partial charge in [0.05, 0.1) is 5.75 Å². The molecule has 1 unspecified atom stereocenters. The Balaban J connectivity index is 2.06. The number of anilines is 1. The fourth-order valence-electron chi connectivity index (χ4n) is 2.06. The summed E-state index contributed by atoms with van der Waals surface area (Å²) in [5.74, 6) is 0.0553. The van der Waals surface area contributed by atoms with E-state index in [9.17, 15) is 13.5 Å². The van der Waals surface area contributed by atoms with Crippen molar-refractivity contribution >= 4 is 15.7 Å². The van der Waals surface area contributed by atoms with Crippen LogP contribution < -0.4 is 10.5 Å². The maximum absolute atomic E-state index is 11.0. The van der Waals surface area contributed by atoms with Crippen LogP contribution in [0.1, 0.15) is 24.1 Å². The van der Waals surface area contributed by atoms with Crippen LogP contribution in [0.5, 0.6) is 5.75 Å². The third kappa shape index (κ3) is 4.77. The monoisotopic (exact) mass is 306 g/mol. The number of benzene rings is 2. The number of nitrogens with two attached hydrogens (primary N) is 1. The van der Waals surface area contributed by atoms with Gasteiger partial charge in [0.1, 0.15) is 5.75 Å². The highest BCUT2D eigenvalue weighted by atomic mass is 32.2. The molecule has 0 saturated carbocycles. The van der Waals surface area contributed by atoms with Crippen LogP contribution in [0.25, 0.3) is 0 Å². The lowest BCUT2D eigenvalue weighted by Crippen LogP contribution is -2.14. The molecule has 0 aliphatic carbocycles. The van der Waals surface area contributed by atoms with E-state index >= 15 is 0 Å². The van der Waals surface area contributed by atoms with Gasteiger partial charge in [0.15, 0.2) is 0 Å². The molecule has 1 atom stereocenters. The van der Waals surface area contributed by atoms with Crippen molar-refractivity contribution < 1.29 is 13.5 Å². The lowest BCUT2D eigenvalue weighted by molar-refractivity contribution is 0.474. The fourth-order valence-corrected chi connectivity index (χ4v) is 2.71. The predicted octanol–water partition coefficient (Wildman–Crippen LogP) is 2.35. The summed E-state index contributed by atoms with van der Waals surface area (Å²) in [5.41, 5.74) is 2.47. The highest BCUT2D eigenvalue weighted by Gasteiger charge is 2.07. The fraction of sp³-hybridized carbons (Fsp3) is 0.200. The Morgan fingerprint density at radius 2 is 1.86 bits per heavy atom. The number of rotatable bonds is 5. The van der Waals surface area contributed by atoms with E-state index in [1.807, 2.05) is 13.0 Å². The third-order valence-electron chi connectivity index (χ3n) is 3.08. The molecule has 112 valence electrons. The molecule has 0 bridgehead atoms. The van der Waals surface area contributed by atoms with Crippen molar-refractivity contribution in [3.05, 3.63) is 59.7 Å². The van der Waals surface area contributed by atoms with E-state index < -0.39 is 10.0 Å². The Kier molecular flexibility index (Phi) is 4.50. The maximum atomic E-state index is 11.0. The van der Waals surface area contributed by atoms with Gasteiger partial charge in [-0.25, -0.2) is 13.6 Å². The topological polar surface area (TPSA) is 92.4 Å². The van der Waals surface area contributed by atoms with Gasteiger partial charge in [0.25, 0.3) is 0 Å². The molecule has 0 amide bonds. The average Bonchev–Trinajstić information content (AvgIpc) is 2.39. The first-order valence-corrected chi connectivity index (χ1v) is 8.20. The predicted molar refractivity (Wildman–Crippen MR) is 83.4 cm³/mol. The first-order chi connectivity index (χ1) is 9.83. The molecule has 0 fully saturated rings. The molecule has 6 heteroatoms. The number of primary sulfonamides is 1. The minimum atomic E-state index is -3.51. The summed E-state index contributed by atoms with van der Waals surface area (Å²) in [4.78, 5) is 0. The van der Waals surface area contributed by atoms with Crippen LogP contribution in [0.4, 0.5) is 5.69 Å². The standard InChI is InChI=1S/C15H18N2O3S/c1-11(13-3-2-4-15(18)9-13)17-14-7-5-12(6-8-14)10-21(16,19)20/h2-9,11,17-18H,10H2,1H3,(H2,16,19,20). The summed E-state index contributed by atoms with van der Waals surface area (Å²) in [6, 6.07) is 14.1. The summed E-state index contributed by atoms with van der Waals surface area (Å²) < 4.78 is 22.0. The van der Waals surface area contributed by atoms with Crippen molar-refractivity contribution in [2.75, 3.05) is 5.32 Å². The zero-order valence-corrected chi connectivity index (χ0v) is 12.5. The molecule has 4 N–H and O–H groups in total. The van der Waals surface area contributed by atoms with Crippen molar-refractivity contribution in [1.29, 1.82) is 0 Å². The van der Waals surface area contributed by atoms with Gasteiger partial charge in [-0.15, -0.1) is 0 Å². The normalized spacial score (nSPS) is 12.9. The van der Waals surface area contributed by atoms with Crippen LogP contribution in [0.15, 0.2) is 48.5 Å². The van der Waals surface area contributed by atoms with Crippen LogP contribution in [0, 0.1) is 0 Å². The third-order valence-corrected chi connectivity index (χ3v) is 3.81. The second-order valence-corrected chi connectivity index (χ2v) is 6.58. The first-order valence-electron chi connectivity index (χ1n) is 6.48. The van der Waals surface area contributed by atoms with E-state index in [-0.39, 0.29) is 17.5 Å². The molecular formula is C15H18N2O3S. The number of phenolic OH excluding ortho intramolecular Hbond substituents is 1. The van der Waals surface area contributed by atoms with Gasteiger partial charge in [-0.3, -0.25) is 0 Å². The largest absolute Gasteiger partial charge is 0.508 e. The maximum Gasteiger partial charge on any atom is 0.213 e. The lowest BCUT2D eigenvalue weighted by Gasteiger charge is -2.16. The molecule has 2 aromatic rings. The van der Waals surface area contributed by atoms with Crippen molar-refractivity contribution in [2.24, 2.45) is 5.14 Å². The van der Waals surface area contributed by atoms with Gasteiger partial charge < -0.3 is 10.4 Å². The molecule has 21 heavy (non-hydrogen) atoms. The van der Waals surface area contributed by atoms with Crippen LogP contribution in [-0.4, -0.2) is 13.5 Å². The van der Waals surface area contributed by atoms with Gasteiger partial charge >= 0.3 is 0 Å². The second-order valence-electron chi connectivity index (χ2n) is 4.97. The number of hydrogen-bond donors (Lipinski definition) is 3. The summed E-state index contributed by atoms with van der Waals surface area (Å²) in [6.07, 6.45) is 0. The SMILES string of the molecule is CC(Nc1ccc(CS(N)(=O)=O)cc1)c1cccc(O)c1. The summed E-state index contributed by atoms with van der Waals surface area (Å²) in [5, 5.41) is 17.8. The zero-order chi connectivity index (χ0) is 15.5. The number of aromatic hydroxyl groups is 1. The average molecular weight is 306 g/mol. The highest BCUT2D eigenvalue weighted by Crippen LogP contribution is 2.22. The number of nitrogens with one attached hydrogen (secondary N) is 1. The Morgan fingerprint density at radius 1 is 1.19 bits per heavy atom. The molecule has 0 aromatic heterocycles. The molecular weight excluding hydrogens is 288 g/mol. The summed E-state index contributed by atoms with van der Waals surface area (Å²) >= 11 is 0. The van der Waals surface area contributed by atoms with Crippen molar-refractivity contribution in [1.82, 2.24) is 0 Å². The van der Waals surface area contributed by atoms with Gasteiger partial charge in [-0.1, -0.05) is 24.3 Å². The lowest BCUT2D eigenvalue weighted by atomic mass is 10.1. The number of phenols is 1. The minimum Gasteiger partial charge on any atom is -0.508 e. The van der Waals surface area contributed by atoms with E-state index in [2.05, 4.69) is 5.32 Å². The van der Waals surface area contributed by atoms with Crippen LogP contribution in [-0.2, 0) is 15.8 Å². The number of hydrogen-bond acceptors (Lipinski definition) is 4. The molecule has 5 nitrogen and oxygen atoms in total.